The second kappa shape index (κ2) is 5.71. The summed E-state index contributed by atoms with van der Waals surface area (Å²) in [6.07, 6.45) is 0. The van der Waals surface area contributed by atoms with Crippen LogP contribution in [0.1, 0.15) is 33.9 Å². The van der Waals surface area contributed by atoms with Crippen molar-refractivity contribution in [2.75, 3.05) is 5.73 Å². The van der Waals surface area contributed by atoms with E-state index in [4.69, 9.17) is 5.73 Å². The number of aromatic nitrogens is 1. The molecule has 1 aromatic carbocycles. The summed E-state index contributed by atoms with van der Waals surface area (Å²) < 4.78 is 1.01. The summed E-state index contributed by atoms with van der Waals surface area (Å²) in [4.78, 5) is 16.7. The van der Waals surface area contributed by atoms with E-state index in [1.54, 1.807) is 6.92 Å². The molecule has 1 atom stereocenters. The minimum atomic E-state index is -0.137. The van der Waals surface area contributed by atoms with Gasteiger partial charge in [0.2, 0.25) is 0 Å². The first-order valence-electron chi connectivity index (χ1n) is 5.76. The Kier molecular flexibility index (Phi) is 4.21. The van der Waals surface area contributed by atoms with Gasteiger partial charge in [0.25, 0.3) is 5.91 Å². The normalized spacial score (nSPS) is 12.2. The lowest BCUT2D eigenvalue weighted by Gasteiger charge is -2.13. The lowest BCUT2D eigenvalue weighted by molar-refractivity contribution is 0.0943. The van der Waals surface area contributed by atoms with Gasteiger partial charge in [-0.05, 0) is 31.5 Å². The van der Waals surface area contributed by atoms with Crippen molar-refractivity contribution < 1.29 is 4.79 Å². The zero-order valence-electron chi connectivity index (χ0n) is 10.6. The van der Waals surface area contributed by atoms with Crippen molar-refractivity contribution in [3.05, 3.63) is 44.9 Å². The molecule has 1 aromatic heterocycles. The topological polar surface area (TPSA) is 68.0 Å². The number of rotatable bonds is 3. The molecule has 6 heteroatoms. The molecule has 3 N–H and O–H groups in total. The van der Waals surface area contributed by atoms with E-state index < -0.39 is 0 Å². The number of halogens is 1. The Morgan fingerprint density at radius 2 is 2.05 bits per heavy atom. The Labute approximate surface area is 124 Å². The molecule has 0 spiro atoms. The monoisotopic (exact) mass is 339 g/mol. The van der Waals surface area contributed by atoms with Gasteiger partial charge in [-0.2, -0.15) is 0 Å². The second-order valence-corrected chi connectivity index (χ2v) is 6.16. The van der Waals surface area contributed by atoms with Crippen LogP contribution in [0.2, 0.25) is 0 Å². The third kappa shape index (κ3) is 3.33. The molecule has 0 fully saturated rings. The molecule has 19 heavy (non-hydrogen) atoms. The average molecular weight is 340 g/mol. The molecule has 2 aromatic rings. The predicted molar refractivity (Wildman–Crippen MR) is 81.3 cm³/mol. The van der Waals surface area contributed by atoms with Crippen molar-refractivity contribution in [2.24, 2.45) is 0 Å². The molecule has 0 radical (unpaired) electrons. The third-order valence-electron chi connectivity index (χ3n) is 2.74. The molecule has 0 aliphatic carbocycles. The van der Waals surface area contributed by atoms with Gasteiger partial charge in [0.15, 0.2) is 5.13 Å². The number of hydrogen-bond donors (Lipinski definition) is 2. The maximum absolute atomic E-state index is 12.1. The van der Waals surface area contributed by atoms with Crippen LogP contribution in [-0.2, 0) is 0 Å². The minimum absolute atomic E-state index is 0.0664. The summed E-state index contributed by atoms with van der Waals surface area (Å²) in [6, 6.07) is 7.79. The number of thiazole rings is 1. The average Bonchev–Trinajstić information content (AvgIpc) is 2.69. The van der Waals surface area contributed by atoms with Gasteiger partial charge in [-0.25, -0.2) is 4.98 Å². The molecule has 1 amide bonds. The molecule has 1 heterocycles. The highest BCUT2D eigenvalue weighted by Crippen LogP contribution is 2.21. The number of benzene rings is 1. The van der Waals surface area contributed by atoms with Crippen molar-refractivity contribution in [1.82, 2.24) is 10.3 Å². The van der Waals surface area contributed by atoms with Crippen LogP contribution in [0.5, 0.6) is 0 Å². The first-order chi connectivity index (χ1) is 8.97. The van der Waals surface area contributed by atoms with Crippen molar-refractivity contribution in [3.8, 4) is 0 Å². The molecule has 0 saturated heterocycles. The highest BCUT2D eigenvalue weighted by Gasteiger charge is 2.16. The Morgan fingerprint density at radius 3 is 2.58 bits per heavy atom. The predicted octanol–water partition coefficient (Wildman–Crippen LogP) is 3.29. The van der Waals surface area contributed by atoms with Crippen LogP contribution >= 0.6 is 27.3 Å². The highest BCUT2D eigenvalue weighted by atomic mass is 79.9. The second-order valence-electron chi connectivity index (χ2n) is 4.21. The summed E-state index contributed by atoms with van der Waals surface area (Å²) in [7, 11) is 0. The van der Waals surface area contributed by atoms with E-state index in [0.717, 1.165) is 10.0 Å². The van der Waals surface area contributed by atoms with Crippen LogP contribution in [0.3, 0.4) is 0 Å². The molecule has 2 rings (SSSR count). The number of carbonyl (C=O) groups excluding carboxylic acids is 1. The molecule has 4 nitrogen and oxygen atoms in total. The van der Waals surface area contributed by atoms with Gasteiger partial charge in [0.1, 0.15) is 4.88 Å². The summed E-state index contributed by atoms with van der Waals surface area (Å²) in [5.41, 5.74) is 7.32. The highest BCUT2D eigenvalue weighted by molar-refractivity contribution is 9.10. The van der Waals surface area contributed by atoms with Gasteiger partial charge >= 0.3 is 0 Å². The molecule has 0 aliphatic rings. The van der Waals surface area contributed by atoms with Crippen LogP contribution in [0.25, 0.3) is 0 Å². The van der Waals surface area contributed by atoms with E-state index in [2.05, 4.69) is 26.2 Å². The fraction of sp³-hybridized carbons (Fsp3) is 0.231. The fourth-order valence-corrected chi connectivity index (χ4v) is 2.73. The third-order valence-corrected chi connectivity index (χ3v) is 4.25. The van der Waals surface area contributed by atoms with Gasteiger partial charge < -0.3 is 11.1 Å². The number of hydrogen-bond acceptors (Lipinski definition) is 4. The van der Waals surface area contributed by atoms with Crippen LogP contribution in [0, 0.1) is 6.92 Å². The number of amides is 1. The molecular weight excluding hydrogens is 326 g/mol. The van der Waals surface area contributed by atoms with Gasteiger partial charge in [-0.1, -0.05) is 39.4 Å². The van der Waals surface area contributed by atoms with Crippen molar-refractivity contribution in [3.63, 3.8) is 0 Å². The fourth-order valence-electron chi connectivity index (χ4n) is 1.72. The smallest absolute Gasteiger partial charge is 0.263 e. The minimum Gasteiger partial charge on any atom is -0.375 e. The van der Waals surface area contributed by atoms with Gasteiger partial charge in [0, 0.05) is 4.47 Å². The van der Waals surface area contributed by atoms with E-state index >= 15 is 0 Å². The van der Waals surface area contributed by atoms with Crippen molar-refractivity contribution in [2.45, 2.75) is 19.9 Å². The van der Waals surface area contributed by atoms with E-state index in [9.17, 15) is 4.79 Å². The molecule has 1 unspecified atom stereocenters. The zero-order valence-corrected chi connectivity index (χ0v) is 13.0. The Morgan fingerprint density at radius 1 is 1.42 bits per heavy atom. The number of aryl methyl sites for hydroxylation is 1. The molecule has 0 bridgehead atoms. The van der Waals surface area contributed by atoms with Crippen LogP contribution in [0.4, 0.5) is 5.13 Å². The van der Waals surface area contributed by atoms with Gasteiger partial charge in [-0.3, -0.25) is 4.79 Å². The van der Waals surface area contributed by atoms with Crippen LogP contribution < -0.4 is 11.1 Å². The van der Waals surface area contributed by atoms with Crippen LogP contribution in [-0.4, -0.2) is 10.9 Å². The van der Waals surface area contributed by atoms with Gasteiger partial charge in [0.05, 0.1) is 11.7 Å². The number of anilines is 1. The standard InChI is InChI=1S/C13H14BrN3OS/c1-7(9-3-5-10(14)6-4-9)16-12(18)11-8(2)17-13(15)19-11/h3-7H,1-2H3,(H2,15,17)(H,16,18). The zero-order chi connectivity index (χ0) is 14.0. The molecule has 0 aliphatic heterocycles. The Bertz CT molecular complexity index is 594. The lowest BCUT2D eigenvalue weighted by atomic mass is 10.1. The van der Waals surface area contributed by atoms with Crippen molar-refractivity contribution in [1.29, 1.82) is 0 Å². The van der Waals surface area contributed by atoms with Gasteiger partial charge in [-0.15, -0.1) is 0 Å². The Balaban J connectivity index is 2.10. The first-order valence-corrected chi connectivity index (χ1v) is 7.37. The number of nitrogen functional groups attached to an aromatic ring is 1. The van der Waals surface area contributed by atoms with Crippen molar-refractivity contribution >= 4 is 38.3 Å². The van der Waals surface area contributed by atoms with E-state index in [0.29, 0.717) is 15.7 Å². The van der Waals surface area contributed by atoms with E-state index in [1.807, 2.05) is 31.2 Å². The summed E-state index contributed by atoms with van der Waals surface area (Å²) in [5.74, 6) is -0.137. The lowest BCUT2D eigenvalue weighted by Crippen LogP contribution is -2.26. The summed E-state index contributed by atoms with van der Waals surface area (Å²) in [5, 5.41) is 3.36. The molecule has 100 valence electrons. The SMILES string of the molecule is Cc1nc(N)sc1C(=O)NC(C)c1ccc(Br)cc1. The first kappa shape index (κ1) is 14.0. The summed E-state index contributed by atoms with van der Waals surface area (Å²) in [6.45, 7) is 3.73. The van der Waals surface area contributed by atoms with Crippen LogP contribution in [0.15, 0.2) is 28.7 Å². The number of nitrogens with two attached hydrogens (primary N) is 1. The quantitative estimate of drug-likeness (QED) is 0.901. The molecular formula is C13H14BrN3OS. The maximum Gasteiger partial charge on any atom is 0.263 e. The number of nitrogens with zero attached hydrogens (tertiary/aromatic N) is 1. The maximum atomic E-state index is 12.1. The Hall–Kier alpha value is -1.40. The number of carbonyl (C=O) groups is 1. The molecule has 0 saturated carbocycles. The van der Waals surface area contributed by atoms with E-state index in [-0.39, 0.29) is 11.9 Å². The summed E-state index contributed by atoms with van der Waals surface area (Å²) >= 11 is 4.60. The van der Waals surface area contributed by atoms with E-state index in [1.165, 1.54) is 11.3 Å². The number of nitrogens with one attached hydrogen (secondary N) is 1. The largest absolute Gasteiger partial charge is 0.375 e.